The Hall–Kier alpha value is -1.36. The summed E-state index contributed by atoms with van der Waals surface area (Å²) >= 11 is 0. The highest BCUT2D eigenvalue weighted by Gasteiger charge is 2.16. The molecular weight excluding hydrogens is 885 g/mol. The predicted octanol–water partition coefficient (Wildman–Crippen LogP) is 22.7. The van der Waals surface area contributed by atoms with Gasteiger partial charge in [0, 0.05) is 12.8 Å². The monoisotopic (exact) mass is 1010 g/mol. The lowest BCUT2D eigenvalue weighted by atomic mass is 10.0. The Morgan fingerprint density at radius 2 is 0.514 bits per heavy atom. The summed E-state index contributed by atoms with van der Waals surface area (Å²) in [7, 11) is 0. The third kappa shape index (κ3) is 61.2. The van der Waals surface area contributed by atoms with Gasteiger partial charge in [0.15, 0.2) is 6.10 Å². The fraction of sp³-hybridized carbons (Fsp3) is 0.940. The Morgan fingerprint density at radius 3 is 0.750 bits per heavy atom. The molecule has 0 bridgehead atoms. The second-order valence-electron chi connectivity index (χ2n) is 22.9. The number of aliphatic hydroxyl groups is 1. The lowest BCUT2D eigenvalue weighted by Crippen LogP contribution is -2.28. The van der Waals surface area contributed by atoms with E-state index in [0.717, 1.165) is 32.1 Å². The van der Waals surface area contributed by atoms with Gasteiger partial charge in [-0.05, 0) is 38.5 Å². The number of rotatable bonds is 63. The van der Waals surface area contributed by atoms with Crippen LogP contribution in [0.4, 0.5) is 0 Å². The van der Waals surface area contributed by atoms with Crippen molar-refractivity contribution in [2.24, 2.45) is 0 Å². The molecule has 0 aromatic carbocycles. The van der Waals surface area contributed by atoms with Crippen LogP contribution in [0.15, 0.2) is 12.2 Å². The quantitative estimate of drug-likeness (QED) is 0.0373. The number of carbonyl (C=O) groups is 2. The van der Waals surface area contributed by atoms with Crippen molar-refractivity contribution in [2.45, 2.75) is 392 Å². The van der Waals surface area contributed by atoms with E-state index in [1.54, 1.807) is 0 Å². The van der Waals surface area contributed by atoms with Gasteiger partial charge in [-0.3, -0.25) is 9.59 Å². The molecule has 1 unspecified atom stereocenters. The first-order valence-electron chi connectivity index (χ1n) is 33.2. The molecule has 0 radical (unpaired) electrons. The summed E-state index contributed by atoms with van der Waals surface area (Å²) in [4.78, 5) is 24.6. The zero-order valence-electron chi connectivity index (χ0n) is 49.2. The summed E-state index contributed by atoms with van der Waals surface area (Å²) < 4.78 is 10.8. The van der Waals surface area contributed by atoms with Crippen LogP contribution in [0.1, 0.15) is 386 Å². The van der Waals surface area contributed by atoms with Crippen molar-refractivity contribution in [1.29, 1.82) is 0 Å². The molecule has 5 nitrogen and oxygen atoms in total. The average Bonchev–Trinajstić information content (AvgIpc) is 3.38. The molecule has 428 valence electrons. The first kappa shape index (κ1) is 70.6. The average molecular weight is 1020 g/mol. The van der Waals surface area contributed by atoms with Gasteiger partial charge in [0.05, 0.1) is 6.61 Å². The van der Waals surface area contributed by atoms with Crippen LogP contribution in [0.25, 0.3) is 0 Å². The van der Waals surface area contributed by atoms with Gasteiger partial charge >= 0.3 is 11.9 Å². The van der Waals surface area contributed by atoms with Gasteiger partial charge in [-0.15, -0.1) is 0 Å². The number of ether oxygens (including phenoxy) is 2. The topological polar surface area (TPSA) is 72.8 Å². The minimum atomic E-state index is -0.767. The van der Waals surface area contributed by atoms with Gasteiger partial charge in [0.25, 0.3) is 0 Å². The molecule has 5 heteroatoms. The zero-order valence-corrected chi connectivity index (χ0v) is 49.2. The normalized spacial score (nSPS) is 12.1. The maximum Gasteiger partial charge on any atom is 0.306 e. The first-order chi connectivity index (χ1) is 35.6. The first-order valence-corrected chi connectivity index (χ1v) is 33.2. The van der Waals surface area contributed by atoms with Gasteiger partial charge in [-0.25, -0.2) is 0 Å². The van der Waals surface area contributed by atoms with Crippen molar-refractivity contribution in [1.82, 2.24) is 0 Å². The van der Waals surface area contributed by atoms with E-state index in [2.05, 4.69) is 26.0 Å². The summed E-state index contributed by atoms with van der Waals surface area (Å²) in [6.07, 6.45) is 81.0. The Bertz CT molecular complexity index is 1060. The van der Waals surface area contributed by atoms with Crippen molar-refractivity contribution in [3.63, 3.8) is 0 Å². The largest absolute Gasteiger partial charge is 0.462 e. The van der Waals surface area contributed by atoms with Crippen molar-refractivity contribution in [2.75, 3.05) is 13.2 Å². The van der Waals surface area contributed by atoms with E-state index in [1.165, 1.54) is 327 Å². The number of carbonyl (C=O) groups excluding carboxylic acids is 2. The number of allylic oxidation sites excluding steroid dienone is 2. The maximum atomic E-state index is 12.3. The molecule has 0 heterocycles. The summed E-state index contributed by atoms with van der Waals surface area (Å²) in [5, 5.41) is 9.69. The van der Waals surface area contributed by atoms with Crippen LogP contribution in [0.5, 0.6) is 0 Å². The second kappa shape index (κ2) is 63.9. The molecule has 0 spiro atoms. The molecule has 0 saturated heterocycles. The van der Waals surface area contributed by atoms with E-state index in [0.29, 0.717) is 12.8 Å². The van der Waals surface area contributed by atoms with Gasteiger partial charge in [0.2, 0.25) is 0 Å². The highest BCUT2D eigenvalue weighted by atomic mass is 16.6. The molecule has 0 aliphatic carbocycles. The number of hydrogen-bond acceptors (Lipinski definition) is 5. The Balaban J connectivity index is 3.37. The minimum absolute atomic E-state index is 0.0573. The molecule has 1 atom stereocenters. The zero-order chi connectivity index (χ0) is 52.0. The van der Waals surface area contributed by atoms with Crippen LogP contribution in [-0.2, 0) is 19.1 Å². The van der Waals surface area contributed by atoms with E-state index in [4.69, 9.17) is 9.47 Å². The van der Waals surface area contributed by atoms with Crippen LogP contribution in [-0.4, -0.2) is 36.4 Å². The third-order valence-corrected chi connectivity index (χ3v) is 15.6. The SMILES string of the molecule is CCCCCCCCCC/C=C\CCCCCCCCCCCCCCCCCC(=O)OC(CO)COC(=O)CCCCCCCCCCCCCCCCCCCCCCCCCCCCCCCCC. The maximum absolute atomic E-state index is 12.3. The predicted molar refractivity (Wildman–Crippen MR) is 316 cm³/mol. The van der Waals surface area contributed by atoms with E-state index in [1.807, 2.05) is 0 Å². The molecule has 0 aliphatic heterocycles. The Labute approximate surface area is 451 Å². The summed E-state index contributed by atoms with van der Waals surface area (Å²) in [5.41, 5.74) is 0. The van der Waals surface area contributed by atoms with Crippen molar-refractivity contribution >= 4 is 11.9 Å². The Morgan fingerprint density at radius 1 is 0.306 bits per heavy atom. The fourth-order valence-corrected chi connectivity index (χ4v) is 10.6. The van der Waals surface area contributed by atoms with Gasteiger partial charge in [0.1, 0.15) is 6.61 Å². The highest BCUT2D eigenvalue weighted by molar-refractivity contribution is 5.70. The van der Waals surface area contributed by atoms with Crippen LogP contribution in [0, 0.1) is 0 Å². The standard InChI is InChI=1S/C67H130O5/c1-3-5-7-9-11-13-15-17-19-21-23-25-27-29-31-32-33-34-36-37-39-41-43-45-47-49-51-53-55-57-59-61-66(69)71-64-65(63-68)72-67(70)62-60-58-56-54-52-50-48-46-44-42-40-38-35-30-28-26-24-22-20-18-16-14-12-10-8-6-4-2/h22,24,65,68H,3-21,23,25-64H2,1-2H3/b24-22-. The molecule has 0 saturated carbocycles. The third-order valence-electron chi connectivity index (χ3n) is 15.6. The second-order valence-corrected chi connectivity index (χ2v) is 22.9. The molecular formula is C67H130O5. The molecule has 0 aromatic rings. The molecule has 0 fully saturated rings. The van der Waals surface area contributed by atoms with E-state index < -0.39 is 6.10 Å². The molecule has 0 rings (SSSR count). The van der Waals surface area contributed by atoms with Crippen LogP contribution in [0.3, 0.4) is 0 Å². The number of esters is 2. The number of aliphatic hydroxyl groups excluding tert-OH is 1. The molecule has 0 amide bonds. The van der Waals surface area contributed by atoms with Crippen molar-refractivity contribution in [3.8, 4) is 0 Å². The molecule has 0 aliphatic rings. The fourth-order valence-electron chi connectivity index (χ4n) is 10.6. The van der Waals surface area contributed by atoms with Crippen LogP contribution < -0.4 is 0 Å². The van der Waals surface area contributed by atoms with Crippen molar-refractivity contribution in [3.05, 3.63) is 12.2 Å². The number of hydrogen-bond donors (Lipinski definition) is 1. The van der Waals surface area contributed by atoms with Crippen molar-refractivity contribution < 1.29 is 24.2 Å². The molecule has 72 heavy (non-hydrogen) atoms. The van der Waals surface area contributed by atoms with E-state index in [9.17, 15) is 14.7 Å². The van der Waals surface area contributed by atoms with Gasteiger partial charge in [-0.1, -0.05) is 347 Å². The van der Waals surface area contributed by atoms with E-state index >= 15 is 0 Å². The highest BCUT2D eigenvalue weighted by Crippen LogP contribution is 2.19. The van der Waals surface area contributed by atoms with E-state index in [-0.39, 0.29) is 25.2 Å². The minimum Gasteiger partial charge on any atom is -0.462 e. The van der Waals surface area contributed by atoms with Gasteiger partial charge < -0.3 is 14.6 Å². The summed E-state index contributed by atoms with van der Waals surface area (Å²) in [6.45, 7) is 4.21. The summed E-state index contributed by atoms with van der Waals surface area (Å²) in [6, 6.07) is 0. The molecule has 1 N–H and O–H groups in total. The Kier molecular flexibility index (Phi) is 62.7. The number of unbranched alkanes of at least 4 members (excludes halogenated alkanes) is 53. The lowest BCUT2D eigenvalue weighted by Gasteiger charge is -2.15. The van der Waals surface area contributed by atoms with Gasteiger partial charge in [-0.2, -0.15) is 0 Å². The smallest absolute Gasteiger partial charge is 0.306 e. The molecule has 0 aromatic heterocycles. The summed E-state index contributed by atoms with van der Waals surface area (Å²) in [5.74, 6) is -0.563. The van der Waals surface area contributed by atoms with Crippen LogP contribution >= 0.6 is 0 Å². The van der Waals surface area contributed by atoms with Crippen LogP contribution in [0.2, 0.25) is 0 Å². The lowest BCUT2D eigenvalue weighted by molar-refractivity contribution is -0.161.